The molecule has 182 valence electrons. The van der Waals surface area contributed by atoms with Gasteiger partial charge >= 0.3 is 0 Å². The van der Waals surface area contributed by atoms with Crippen LogP contribution in [-0.4, -0.2) is 54.8 Å². The molecule has 0 aliphatic carbocycles. The fraction of sp³-hybridized carbons (Fsp3) is 0.320. The lowest BCUT2D eigenvalue weighted by molar-refractivity contribution is 0.1000. The third kappa shape index (κ3) is 4.29. The molecular weight excluding hydrogens is 456 g/mol. The van der Waals surface area contributed by atoms with Crippen LogP contribution in [-0.2, 0) is 0 Å². The first kappa shape index (κ1) is 23.2. The van der Waals surface area contributed by atoms with Crippen LogP contribution in [0.5, 0.6) is 0 Å². The number of anilines is 2. The number of nitrogens with two attached hydrogens (primary N) is 1. The van der Waals surface area contributed by atoms with Crippen LogP contribution in [0, 0.1) is 23.7 Å². The molecule has 1 aliphatic heterocycles. The van der Waals surface area contributed by atoms with Crippen LogP contribution in [0.4, 0.5) is 11.6 Å². The molecule has 0 saturated carbocycles. The van der Waals surface area contributed by atoms with E-state index >= 15 is 0 Å². The van der Waals surface area contributed by atoms with Crippen molar-refractivity contribution in [2.75, 3.05) is 23.3 Å². The molecular formula is C25H26N10O. The second-order valence-corrected chi connectivity index (χ2v) is 9.65. The molecule has 1 amide bonds. The summed E-state index contributed by atoms with van der Waals surface area (Å²) < 4.78 is 1.65. The third-order valence-corrected chi connectivity index (χ3v) is 6.57. The average molecular weight is 483 g/mol. The van der Waals surface area contributed by atoms with Crippen molar-refractivity contribution in [2.45, 2.75) is 33.2 Å². The van der Waals surface area contributed by atoms with Crippen molar-refractivity contribution in [3.8, 4) is 17.3 Å². The quantitative estimate of drug-likeness (QED) is 0.437. The van der Waals surface area contributed by atoms with Gasteiger partial charge in [-0.15, -0.1) is 10.2 Å². The van der Waals surface area contributed by atoms with Gasteiger partial charge in [0.25, 0.3) is 5.91 Å². The Balaban J connectivity index is 1.47. The van der Waals surface area contributed by atoms with E-state index in [2.05, 4.69) is 44.2 Å². The van der Waals surface area contributed by atoms with E-state index in [0.717, 1.165) is 35.7 Å². The Labute approximate surface area is 208 Å². The van der Waals surface area contributed by atoms with E-state index in [4.69, 9.17) is 16.1 Å². The average Bonchev–Trinajstić information content (AvgIpc) is 3.30. The van der Waals surface area contributed by atoms with Gasteiger partial charge in [0.2, 0.25) is 0 Å². The molecule has 3 N–H and O–H groups in total. The number of piperidine rings is 1. The molecule has 4 aromatic heterocycles. The number of amides is 1. The number of carbonyl (C=O) groups is 1. The summed E-state index contributed by atoms with van der Waals surface area (Å²) in [5, 5.41) is 25.5. The Morgan fingerprint density at radius 2 is 2.06 bits per heavy atom. The first-order chi connectivity index (χ1) is 17.2. The number of nitrogens with one attached hydrogen (secondary N) is 1. The topological polar surface area (TPSA) is 151 Å². The molecule has 1 aliphatic rings. The fourth-order valence-electron chi connectivity index (χ4n) is 4.64. The summed E-state index contributed by atoms with van der Waals surface area (Å²) in [6.45, 7) is 7.66. The number of carbonyl (C=O) groups excluding carboxylic acids is 1. The van der Waals surface area contributed by atoms with E-state index < -0.39 is 5.91 Å². The van der Waals surface area contributed by atoms with Gasteiger partial charge in [0.1, 0.15) is 11.9 Å². The molecule has 36 heavy (non-hydrogen) atoms. The monoisotopic (exact) mass is 482 g/mol. The SMILES string of the molecule is Cc1cc(-c2cc3ncc(C(N)=O)c(NC4CCN(c5ccc(C#N)nn5)CC4(C)C)n3n2)ccn1. The molecule has 4 aromatic rings. The van der Waals surface area contributed by atoms with Gasteiger partial charge < -0.3 is 16.0 Å². The normalized spacial score (nSPS) is 17.1. The molecule has 1 fully saturated rings. The van der Waals surface area contributed by atoms with E-state index in [1.807, 2.05) is 37.3 Å². The van der Waals surface area contributed by atoms with Crippen LogP contribution in [0.3, 0.4) is 0 Å². The number of aromatic nitrogens is 6. The highest BCUT2D eigenvalue weighted by Crippen LogP contribution is 2.34. The third-order valence-electron chi connectivity index (χ3n) is 6.57. The summed E-state index contributed by atoms with van der Waals surface area (Å²) in [5.74, 6) is 0.676. The lowest BCUT2D eigenvalue weighted by atomic mass is 9.79. The largest absolute Gasteiger partial charge is 0.366 e. The summed E-state index contributed by atoms with van der Waals surface area (Å²) in [6, 6.07) is 11.2. The molecule has 11 heteroatoms. The number of fused-ring (bicyclic) bond motifs is 1. The maximum Gasteiger partial charge on any atom is 0.254 e. The van der Waals surface area contributed by atoms with Crippen LogP contribution in [0.1, 0.15) is 42.0 Å². The summed E-state index contributed by atoms with van der Waals surface area (Å²) in [4.78, 5) is 23.2. The number of hydrogen-bond acceptors (Lipinski definition) is 9. The lowest BCUT2D eigenvalue weighted by Crippen LogP contribution is -2.52. The minimum absolute atomic E-state index is 0.0135. The number of nitriles is 1. The maximum absolute atomic E-state index is 12.3. The number of nitrogens with zero attached hydrogens (tertiary/aromatic N) is 8. The Morgan fingerprint density at radius 3 is 2.72 bits per heavy atom. The standard InChI is InChI=1S/C25H26N10O/c1-15-10-16(6-8-28-15)19-11-22-29-13-18(23(27)36)24(35(22)33-19)30-20-7-9-34(14-25(20,2)3)21-5-4-17(12-26)31-32-21/h4-6,8,10-11,13,20,30H,7,9,14H2,1-3H3,(H2,27,36). The second-order valence-electron chi connectivity index (χ2n) is 9.65. The van der Waals surface area contributed by atoms with Crippen molar-refractivity contribution >= 4 is 23.2 Å². The predicted molar refractivity (Wildman–Crippen MR) is 134 cm³/mol. The van der Waals surface area contributed by atoms with E-state index in [9.17, 15) is 4.79 Å². The Kier molecular flexibility index (Phi) is 5.72. The first-order valence-corrected chi connectivity index (χ1v) is 11.6. The zero-order valence-electron chi connectivity index (χ0n) is 20.3. The van der Waals surface area contributed by atoms with E-state index in [1.54, 1.807) is 16.8 Å². The Bertz CT molecular complexity index is 1490. The van der Waals surface area contributed by atoms with Crippen LogP contribution < -0.4 is 16.0 Å². The molecule has 11 nitrogen and oxygen atoms in total. The van der Waals surface area contributed by atoms with Crippen molar-refractivity contribution in [1.29, 1.82) is 5.26 Å². The zero-order valence-corrected chi connectivity index (χ0v) is 20.3. The van der Waals surface area contributed by atoms with Crippen molar-refractivity contribution in [2.24, 2.45) is 11.1 Å². The number of pyridine rings is 1. The molecule has 0 radical (unpaired) electrons. The molecule has 0 aromatic carbocycles. The van der Waals surface area contributed by atoms with Crippen LogP contribution in [0.15, 0.2) is 42.7 Å². The number of primary amides is 1. The van der Waals surface area contributed by atoms with Gasteiger partial charge in [0, 0.05) is 54.3 Å². The molecule has 1 unspecified atom stereocenters. The second kappa shape index (κ2) is 8.88. The molecule has 5 heterocycles. The zero-order chi connectivity index (χ0) is 25.4. The van der Waals surface area contributed by atoms with Crippen molar-refractivity contribution in [3.05, 3.63) is 59.7 Å². The highest BCUT2D eigenvalue weighted by molar-refractivity contribution is 5.97. The van der Waals surface area contributed by atoms with Crippen LogP contribution in [0.25, 0.3) is 16.9 Å². The van der Waals surface area contributed by atoms with Gasteiger partial charge in [-0.2, -0.15) is 14.9 Å². The maximum atomic E-state index is 12.3. The smallest absolute Gasteiger partial charge is 0.254 e. The summed E-state index contributed by atoms with van der Waals surface area (Å²) in [6.07, 6.45) is 4.01. The van der Waals surface area contributed by atoms with Gasteiger partial charge in [0.05, 0.1) is 11.3 Å². The number of aryl methyl sites for hydroxylation is 1. The van der Waals surface area contributed by atoms with Crippen LogP contribution in [0.2, 0.25) is 0 Å². The minimum Gasteiger partial charge on any atom is -0.366 e. The van der Waals surface area contributed by atoms with Crippen molar-refractivity contribution in [1.82, 2.24) is 29.8 Å². The van der Waals surface area contributed by atoms with Crippen LogP contribution >= 0.6 is 0 Å². The molecule has 1 saturated heterocycles. The summed E-state index contributed by atoms with van der Waals surface area (Å²) >= 11 is 0. The van der Waals surface area contributed by atoms with E-state index in [0.29, 0.717) is 18.0 Å². The van der Waals surface area contributed by atoms with Gasteiger partial charge in [0.15, 0.2) is 17.2 Å². The fourth-order valence-corrected chi connectivity index (χ4v) is 4.64. The predicted octanol–water partition coefficient (Wildman–Crippen LogP) is 2.58. The Hall–Kier alpha value is -4.59. The lowest BCUT2D eigenvalue weighted by Gasteiger charge is -2.45. The highest BCUT2D eigenvalue weighted by atomic mass is 16.1. The van der Waals surface area contributed by atoms with E-state index in [-0.39, 0.29) is 22.7 Å². The van der Waals surface area contributed by atoms with E-state index in [1.165, 1.54) is 6.20 Å². The molecule has 0 bridgehead atoms. The first-order valence-electron chi connectivity index (χ1n) is 11.6. The van der Waals surface area contributed by atoms with Gasteiger partial charge in [-0.25, -0.2) is 4.98 Å². The Morgan fingerprint density at radius 1 is 1.22 bits per heavy atom. The molecule has 0 spiro atoms. The van der Waals surface area contributed by atoms with Crippen molar-refractivity contribution in [3.63, 3.8) is 0 Å². The molecule has 5 rings (SSSR count). The van der Waals surface area contributed by atoms with Gasteiger partial charge in [-0.3, -0.25) is 9.78 Å². The number of hydrogen-bond donors (Lipinski definition) is 2. The summed E-state index contributed by atoms with van der Waals surface area (Å²) in [7, 11) is 0. The number of rotatable bonds is 5. The molecule has 1 atom stereocenters. The highest BCUT2D eigenvalue weighted by Gasteiger charge is 2.37. The minimum atomic E-state index is -0.577. The van der Waals surface area contributed by atoms with Gasteiger partial charge in [-0.05, 0) is 37.6 Å². The summed E-state index contributed by atoms with van der Waals surface area (Å²) in [5.41, 5.74) is 9.21. The van der Waals surface area contributed by atoms with Crippen molar-refractivity contribution < 1.29 is 4.79 Å². The van der Waals surface area contributed by atoms with Gasteiger partial charge in [-0.1, -0.05) is 13.8 Å².